The van der Waals surface area contributed by atoms with Crippen molar-refractivity contribution in [1.29, 1.82) is 0 Å². The van der Waals surface area contributed by atoms with Crippen molar-refractivity contribution in [2.45, 2.75) is 45.1 Å². The lowest BCUT2D eigenvalue weighted by atomic mass is 9.97. The van der Waals surface area contributed by atoms with Crippen molar-refractivity contribution in [2.24, 2.45) is 5.92 Å². The fraction of sp³-hybridized carbons (Fsp3) is 0.562. The van der Waals surface area contributed by atoms with Gasteiger partial charge in [-0.05, 0) is 55.7 Å². The molecule has 1 aromatic carbocycles. The molecule has 3 heteroatoms. The number of hydrogen-bond donors (Lipinski definition) is 2. The monoisotopic (exact) mass is 258 g/mol. The first-order valence-electron chi connectivity index (χ1n) is 7.40. The van der Waals surface area contributed by atoms with Gasteiger partial charge < -0.3 is 10.6 Å². The average molecular weight is 258 g/mol. The summed E-state index contributed by atoms with van der Waals surface area (Å²) in [6.07, 6.45) is 5.60. The molecule has 0 bridgehead atoms. The zero-order chi connectivity index (χ0) is 13.2. The van der Waals surface area contributed by atoms with E-state index in [9.17, 15) is 4.79 Å². The van der Waals surface area contributed by atoms with Gasteiger partial charge in [0, 0.05) is 23.8 Å². The van der Waals surface area contributed by atoms with Gasteiger partial charge in [-0.15, -0.1) is 0 Å². The van der Waals surface area contributed by atoms with Crippen LogP contribution < -0.4 is 10.6 Å². The van der Waals surface area contributed by atoms with Crippen molar-refractivity contribution < 1.29 is 4.79 Å². The van der Waals surface area contributed by atoms with Crippen LogP contribution >= 0.6 is 0 Å². The Kier molecular flexibility index (Phi) is 3.45. The van der Waals surface area contributed by atoms with Crippen LogP contribution in [0.15, 0.2) is 18.2 Å². The minimum atomic E-state index is 0.111. The normalized spacial score (nSPS) is 25.5. The summed E-state index contributed by atoms with van der Waals surface area (Å²) in [7, 11) is 0. The molecule has 1 fully saturated rings. The molecule has 1 aromatic rings. The summed E-state index contributed by atoms with van der Waals surface area (Å²) in [5.74, 6) is 0.858. The molecule has 19 heavy (non-hydrogen) atoms. The maximum Gasteiger partial charge on any atom is 0.251 e. The standard InChI is InChI=1S/C16H22N2O/c1-11-7-8-12(10-11)18-16(19)14-4-2-6-15-13(14)5-3-9-17-15/h2,4,6,11-12,17H,3,5,7-10H2,1H3,(H,18,19). The second kappa shape index (κ2) is 5.24. The first kappa shape index (κ1) is 12.5. The number of fused-ring (bicyclic) bond motifs is 1. The van der Waals surface area contributed by atoms with Crippen molar-refractivity contribution in [2.75, 3.05) is 11.9 Å². The Bertz CT molecular complexity index is 484. The highest BCUT2D eigenvalue weighted by Crippen LogP contribution is 2.27. The molecule has 0 aromatic heterocycles. The van der Waals surface area contributed by atoms with Crippen LogP contribution in [0, 0.1) is 5.92 Å². The van der Waals surface area contributed by atoms with Gasteiger partial charge in [0.05, 0.1) is 0 Å². The Hall–Kier alpha value is -1.51. The third kappa shape index (κ3) is 2.60. The number of carbonyl (C=O) groups excluding carboxylic acids is 1. The number of anilines is 1. The first-order chi connectivity index (χ1) is 9.24. The first-order valence-corrected chi connectivity index (χ1v) is 7.40. The highest BCUT2D eigenvalue weighted by Gasteiger charge is 2.24. The highest BCUT2D eigenvalue weighted by atomic mass is 16.1. The summed E-state index contributed by atoms with van der Waals surface area (Å²) in [6.45, 7) is 3.28. The fourth-order valence-electron chi connectivity index (χ4n) is 3.32. The average Bonchev–Trinajstić information content (AvgIpc) is 2.83. The fourth-order valence-corrected chi connectivity index (χ4v) is 3.32. The van der Waals surface area contributed by atoms with Crippen LogP contribution in [0.2, 0.25) is 0 Å². The second-order valence-corrected chi connectivity index (χ2v) is 5.95. The molecule has 0 spiro atoms. The van der Waals surface area contributed by atoms with Gasteiger partial charge in [0.1, 0.15) is 0 Å². The Morgan fingerprint density at radius 3 is 3.05 bits per heavy atom. The van der Waals surface area contributed by atoms with Gasteiger partial charge in [0.25, 0.3) is 5.91 Å². The topological polar surface area (TPSA) is 41.1 Å². The van der Waals surface area contributed by atoms with E-state index in [4.69, 9.17) is 0 Å². The molecular weight excluding hydrogens is 236 g/mol. The van der Waals surface area contributed by atoms with E-state index in [-0.39, 0.29) is 5.91 Å². The third-order valence-corrected chi connectivity index (χ3v) is 4.37. The van der Waals surface area contributed by atoms with Gasteiger partial charge in [-0.3, -0.25) is 4.79 Å². The Balaban J connectivity index is 1.76. The summed E-state index contributed by atoms with van der Waals surface area (Å²) in [5, 5.41) is 6.59. The molecule has 102 valence electrons. The van der Waals surface area contributed by atoms with E-state index in [1.807, 2.05) is 12.1 Å². The van der Waals surface area contributed by atoms with Crippen LogP contribution in [-0.4, -0.2) is 18.5 Å². The third-order valence-electron chi connectivity index (χ3n) is 4.37. The Labute approximate surface area is 114 Å². The molecule has 2 N–H and O–H groups in total. The van der Waals surface area contributed by atoms with E-state index in [0.29, 0.717) is 6.04 Å². The molecule has 2 unspecified atom stereocenters. The molecule has 1 aliphatic carbocycles. The number of amides is 1. The van der Waals surface area contributed by atoms with Crippen molar-refractivity contribution >= 4 is 11.6 Å². The lowest BCUT2D eigenvalue weighted by Gasteiger charge is -2.21. The van der Waals surface area contributed by atoms with Gasteiger partial charge >= 0.3 is 0 Å². The summed E-state index contributed by atoms with van der Waals surface area (Å²) in [5.41, 5.74) is 3.19. The molecule has 2 atom stereocenters. The van der Waals surface area contributed by atoms with E-state index in [0.717, 1.165) is 49.4 Å². The smallest absolute Gasteiger partial charge is 0.251 e. The van der Waals surface area contributed by atoms with E-state index < -0.39 is 0 Å². The molecule has 1 heterocycles. The summed E-state index contributed by atoms with van der Waals surface area (Å²) in [6, 6.07) is 6.38. The predicted molar refractivity (Wildman–Crippen MR) is 77.5 cm³/mol. The molecule has 3 rings (SSSR count). The van der Waals surface area contributed by atoms with E-state index in [1.165, 1.54) is 12.0 Å². The van der Waals surface area contributed by atoms with Crippen molar-refractivity contribution in [3.63, 3.8) is 0 Å². The molecule has 1 saturated carbocycles. The number of carbonyl (C=O) groups is 1. The molecular formula is C16H22N2O. The van der Waals surface area contributed by atoms with Crippen molar-refractivity contribution in [3.05, 3.63) is 29.3 Å². The maximum absolute atomic E-state index is 12.4. The molecule has 1 aliphatic heterocycles. The zero-order valence-electron chi connectivity index (χ0n) is 11.5. The van der Waals surface area contributed by atoms with Crippen molar-refractivity contribution in [3.8, 4) is 0 Å². The molecule has 2 aliphatic rings. The quantitative estimate of drug-likeness (QED) is 0.856. The number of hydrogen-bond acceptors (Lipinski definition) is 2. The van der Waals surface area contributed by atoms with Crippen molar-refractivity contribution in [1.82, 2.24) is 5.32 Å². The summed E-state index contributed by atoms with van der Waals surface area (Å²) in [4.78, 5) is 12.4. The lowest BCUT2D eigenvalue weighted by Crippen LogP contribution is -2.34. The van der Waals surface area contributed by atoms with Gasteiger partial charge in [-0.2, -0.15) is 0 Å². The Morgan fingerprint density at radius 1 is 1.37 bits per heavy atom. The minimum Gasteiger partial charge on any atom is -0.385 e. The highest BCUT2D eigenvalue weighted by molar-refractivity contribution is 5.97. The second-order valence-electron chi connectivity index (χ2n) is 5.95. The molecule has 3 nitrogen and oxygen atoms in total. The molecule has 0 saturated heterocycles. The van der Waals surface area contributed by atoms with E-state index >= 15 is 0 Å². The SMILES string of the molecule is CC1CCC(NC(=O)c2cccc3c2CCCN3)C1. The van der Waals surface area contributed by atoms with Gasteiger partial charge in [-0.1, -0.05) is 13.0 Å². The Morgan fingerprint density at radius 2 is 2.26 bits per heavy atom. The van der Waals surface area contributed by atoms with Crippen LogP contribution in [0.3, 0.4) is 0 Å². The van der Waals surface area contributed by atoms with Crippen LogP contribution in [0.1, 0.15) is 48.5 Å². The number of nitrogens with one attached hydrogen (secondary N) is 2. The molecule has 1 amide bonds. The summed E-state index contributed by atoms with van der Waals surface area (Å²) < 4.78 is 0. The summed E-state index contributed by atoms with van der Waals surface area (Å²) >= 11 is 0. The lowest BCUT2D eigenvalue weighted by molar-refractivity contribution is 0.0936. The largest absolute Gasteiger partial charge is 0.385 e. The van der Waals surface area contributed by atoms with Gasteiger partial charge in [0.2, 0.25) is 0 Å². The van der Waals surface area contributed by atoms with Crippen LogP contribution in [0.5, 0.6) is 0 Å². The van der Waals surface area contributed by atoms with E-state index in [2.05, 4.69) is 23.6 Å². The number of benzene rings is 1. The minimum absolute atomic E-state index is 0.111. The number of rotatable bonds is 2. The zero-order valence-corrected chi connectivity index (χ0v) is 11.5. The van der Waals surface area contributed by atoms with Crippen LogP contribution in [0.25, 0.3) is 0 Å². The van der Waals surface area contributed by atoms with Crippen LogP contribution in [0.4, 0.5) is 5.69 Å². The van der Waals surface area contributed by atoms with E-state index in [1.54, 1.807) is 0 Å². The molecule has 0 radical (unpaired) electrons. The predicted octanol–water partition coefficient (Wildman–Crippen LogP) is 2.96. The van der Waals surface area contributed by atoms with Gasteiger partial charge in [-0.25, -0.2) is 0 Å². The van der Waals surface area contributed by atoms with Crippen LogP contribution in [-0.2, 0) is 6.42 Å². The van der Waals surface area contributed by atoms with Gasteiger partial charge in [0.15, 0.2) is 0 Å². The maximum atomic E-state index is 12.4.